The highest BCUT2D eigenvalue weighted by atomic mass is 35.5. The Morgan fingerprint density at radius 1 is 1.16 bits per heavy atom. The first-order valence-corrected chi connectivity index (χ1v) is 11.8. The standard InChI is InChI=1S/C27H21ClN8O/c1-14-16(12-29)6-5-7-19(14)24-23(17-10-18-13-32-36-22(18)20(28)11-17)34-25(26(30)35-24)27(37)33-15(2)21-8-3-4-9-31-21/h3-11,13,15H,1-2H3,(H2,30,35)(H,32,36)(H,33,37). The molecule has 182 valence electrons. The number of aromatic nitrogens is 5. The van der Waals surface area contributed by atoms with Crippen molar-refractivity contribution in [3.8, 4) is 28.6 Å². The molecule has 0 aliphatic heterocycles. The first-order valence-electron chi connectivity index (χ1n) is 11.4. The van der Waals surface area contributed by atoms with E-state index < -0.39 is 5.91 Å². The van der Waals surface area contributed by atoms with Gasteiger partial charge in [0.25, 0.3) is 5.91 Å². The molecule has 0 saturated carbocycles. The average molecular weight is 509 g/mol. The van der Waals surface area contributed by atoms with Crippen LogP contribution >= 0.6 is 11.6 Å². The first kappa shape index (κ1) is 23.9. The van der Waals surface area contributed by atoms with Crippen molar-refractivity contribution in [2.75, 3.05) is 5.73 Å². The van der Waals surface area contributed by atoms with E-state index in [1.807, 2.05) is 38.1 Å². The van der Waals surface area contributed by atoms with E-state index in [4.69, 9.17) is 22.3 Å². The van der Waals surface area contributed by atoms with Crippen LogP contribution in [0.4, 0.5) is 5.82 Å². The van der Waals surface area contributed by atoms with Crippen molar-refractivity contribution in [2.24, 2.45) is 0 Å². The largest absolute Gasteiger partial charge is 0.382 e. The summed E-state index contributed by atoms with van der Waals surface area (Å²) in [6.07, 6.45) is 3.31. The van der Waals surface area contributed by atoms with Crippen molar-refractivity contribution in [1.82, 2.24) is 30.5 Å². The second kappa shape index (κ2) is 9.68. The second-order valence-corrected chi connectivity index (χ2v) is 8.89. The summed E-state index contributed by atoms with van der Waals surface area (Å²) >= 11 is 6.53. The van der Waals surface area contributed by atoms with E-state index in [2.05, 4.69) is 31.6 Å². The number of nitrogens with zero attached hydrogens (tertiary/aromatic N) is 5. The fourth-order valence-corrected chi connectivity index (χ4v) is 4.41. The Bertz CT molecular complexity index is 1690. The van der Waals surface area contributed by atoms with Gasteiger partial charge in [-0.05, 0) is 49.7 Å². The molecule has 1 amide bonds. The molecule has 9 nitrogen and oxygen atoms in total. The van der Waals surface area contributed by atoms with Gasteiger partial charge in [-0.2, -0.15) is 10.4 Å². The van der Waals surface area contributed by atoms with Gasteiger partial charge in [0.2, 0.25) is 0 Å². The monoisotopic (exact) mass is 508 g/mol. The minimum atomic E-state index is -0.492. The third-order valence-electron chi connectivity index (χ3n) is 6.10. The van der Waals surface area contributed by atoms with Crippen molar-refractivity contribution in [2.45, 2.75) is 19.9 Å². The maximum Gasteiger partial charge on any atom is 0.274 e. The summed E-state index contributed by atoms with van der Waals surface area (Å²) in [6, 6.07) is 16.2. The van der Waals surface area contributed by atoms with Gasteiger partial charge in [0.05, 0.1) is 51.5 Å². The number of pyridine rings is 1. The number of rotatable bonds is 5. The molecule has 0 bridgehead atoms. The number of halogens is 1. The van der Waals surface area contributed by atoms with Crippen LogP contribution in [0.1, 0.15) is 40.3 Å². The van der Waals surface area contributed by atoms with Gasteiger partial charge in [-0.15, -0.1) is 0 Å². The molecular formula is C27H21ClN8O. The van der Waals surface area contributed by atoms with Crippen LogP contribution in [-0.2, 0) is 0 Å². The Morgan fingerprint density at radius 3 is 2.76 bits per heavy atom. The lowest BCUT2D eigenvalue weighted by Crippen LogP contribution is -2.29. The molecule has 0 fully saturated rings. The number of carbonyl (C=O) groups is 1. The van der Waals surface area contributed by atoms with E-state index in [9.17, 15) is 10.1 Å². The van der Waals surface area contributed by atoms with Gasteiger partial charge in [0, 0.05) is 22.7 Å². The quantitative estimate of drug-likeness (QED) is 0.303. The highest BCUT2D eigenvalue weighted by Gasteiger charge is 2.23. The van der Waals surface area contributed by atoms with E-state index in [0.29, 0.717) is 44.3 Å². The molecular weight excluding hydrogens is 488 g/mol. The van der Waals surface area contributed by atoms with E-state index in [1.165, 1.54) is 0 Å². The molecule has 10 heteroatoms. The minimum Gasteiger partial charge on any atom is -0.382 e. The number of benzene rings is 2. The number of fused-ring (bicyclic) bond motifs is 1. The molecule has 3 heterocycles. The van der Waals surface area contributed by atoms with Gasteiger partial charge in [-0.25, -0.2) is 9.97 Å². The van der Waals surface area contributed by atoms with Crippen molar-refractivity contribution in [1.29, 1.82) is 5.26 Å². The zero-order valence-electron chi connectivity index (χ0n) is 20.0. The summed E-state index contributed by atoms with van der Waals surface area (Å²) in [6.45, 7) is 3.65. The lowest BCUT2D eigenvalue weighted by atomic mass is 9.96. The number of hydrogen-bond acceptors (Lipinski definition) is 7. The number of aromatic amines is 1. The third-order valence-corrected chi connectivity index (χ3v) is 6.40. The zero-order chi connectivity index (χ0) is 26.1. The van der Waals surface area contributed by atoms with Crippen LogP contribution < -0.4 is 11.1 Å². The summed E-state index contributed by atoms with van der Waals surface area (Å²) < 4.78 is 0. The van der Waals surface area contributed by atoms with E-state index in [-0.39, 0.29) is 17.6 Å². The van der Waals surface area contributed by atoms with Gasteiger partial charge >= 0.3 is 0 Å². The fourth-order valence-electron chi connectivity index (χ4n) is 4.14. The molecule has 0 aliphatic carbocycles. The fraction of sp³-hybridized carbons (Fsp3) is 0.111. The molecule has 5 aromatic rings. The Hall–Kier alpha value is -4.81. The molecule has 0 radical (unpaired) electrons. The van der Waals surface area contributed by atoms with Crippen molar-refractivity contribution < 1.29 is 4.79 Å². The number of H-pyrrole nitrogens is 1. The predicted molar refractivity (Wildman–Crippen MR) is 142 cm³/mol. The highest BCUT2D eigenvalue weighted by molar-refractivity contribution is 6.35. The Kier molecular flexibility index (Phi) is 6.26. The van der Waals surface area contributed by atoms with Gasteiger partial charge in [0.15, 0.2) is 11.5 Å². The smallest absolute Gasteiger partial charge is 0.274 e. The van der Waals surface area contributed by atoms with Crippen molar-refractivity contribution in [3.05, 3.63) is 88.5 Å². The Morgan fingerprint density at radius 2 is 2.00 bits per heavy atom. The Labute approximate surface area is 217 Å². The number of amides is 1. The van der Waals surface area contributed by atoms with E-state index in [0.717, 1.165) is 10.9 Å². The number of nitrogen functional groups attached to an aromatic ring is 1. The topological polar surface area (TPSA) is 146 Å². The van der Waals surface area contributed by atoms with Gasteiger partial charge in [-0.1, -0.05) is 29.8 Å². The molecule has 0 aliphatic rings. The molecule has 37 heavy (non-hydrogen) atoms. The van der Waals surface area contributed by atoms with Crippen LogP contribution in [0.25, 0.3) is 33.4 Å². The van der Waals surface area contributed by atoms with Crippen LogP contribution in [0, 0.1) is 18.3 Å². The summed E-state index contributed by atoms with van der Waals surface area (Å²) in [5, 5.41) is 20.6. The number of anilines is 1. The maximum absolute atomic E-state index is 13.3. The molecule has 2 aromatic carbocycles. The second-order valence-electron chi connectivity index (χ2n) is 8.49. The highest BCUT2D eigenvalue weighted by Crippen LogP contribution is 2.36. The predicted octanol–water partition coefficient (Wildman–Crippen LogP) is 4.99. The average Bonchev–Trinajstić information content (AvgIpc) is 3.38. The Balaban J connectivity index is 1.68. The molecule has 5 rings (SSSR count). The molecule has 4 N–H and O–H groups in total. The maximum atomic E-state index is 13.3. The van der Waals surface area contributed by atoms with Gasteiger partial charge < -0.3 is 11.1 Å². The number of nitriles is 1. The van der Waals surface area contributed by atoms with Gasteiger partial charge in [0.1, 0.15) is 0 Å². The number of nitrogens with one attached hydrogen (secondary N) is 2. The number of hydrogen-bond donors (Lipinski definition) is 3. The van der Waals surface area contributed by atoms with Crippen LogP contribution in [0.3, 0.4) is 0 Å². The lowest BCUT2D eigenvalue weighted by Gasteiger charge is -2.17. The molecule has 3 aromatic heterocycles. The first-order chi connectivity index (χ1) is 17.9. The minimum absolute atomic E-state index is 0.0287. The molecule has 0 saturated heterocycles. The molecule has 1 atom stereocenters. The molecule has 1 unspecified atom stereocenters. The van der Waals surface area contributed by atoms with E-state index >= 15 is 0 Å². The van der Waals surface area contributed by atoms with Crippen molar-refractivity contribution in [3.63, 3.8) is 0 Å². The summed E-state index contributed by atoms with van der Waals surface area (Å²) in [5.41, 5.74) is 11.0. The summed E-state index contributed by atoms with van der Waals surface area (Å²) in [7, 11) is 0. The van der Waals surface area contributed by atoms with Crippen molar-refractivity contribution >= 4 is 34.2 Å². The van der Waals surface area contributed by atoms with Crippen LogP contribution in [-0.4, -0.2) is 31.1 Å². The normalized spacial score (nSPS) is 11.7. The van der Waals surface area contributed by atoms with Gasteiger partial charge in [-0.3, -0.25) is 14.9 Å². The lowest BCUT2D eigenvalue weighted by molar-refractivity contribution is 0.0935. The third kappa shape index (κ3) is 4.46. The zero-order valence-corrected chi connectivity index (χ0v) is 20.7. The van der Waals surface area contributed by atoms with E-state index in [1.54, 1.807) is 36.7 Å². The van der Waals surface area contributed by atoms with Crippen LogP contribution in [0.15, 0.2) is 60.9 Å². The summed E-state index contributed by atoms with van der Waals surface area (Å²) in [5.74, 6) is -0.532. The number of nitrogens with two attached hydrogens (primary N) is 1. The SMILES string of the molecule is Cc1c(C#N)cccc1-c1nc(N)c(C(=O)NC(C)c2ccccn2)nc1-c1cc(Cl)c2[nH]ncc2c1. The van der Waals surface area contributed by atoms with Crippen LogP contribution in [0.2, 0.25) is 5.02 Å². The number of carbonyl (C=O) groups excluding carboxylic acids is 1. The molecule has 0 spiro atoms. The van der Waals surface area contributed by atoms with Crippen LogP contribution in [0.5, 0.6) is 0 Å². The summed E-state index contributed by atoms with van der Waals surface area (Å²) in [4.78, 5) is 26.9.